The summed E-state index contributed by atoms with van der Waals surface area (Å²) in [5.74, 6) is 0.562. The molecule has 0 amide bonds. The van der Waals surface area contributed by atoms with Crippen molar-refractivity contribution < 1.29 is 17.9 Å². The van der Waals surface area contributed by atoms with E-state index in [2.05, 4.69) is 0 Å². The number of nitrogens with two attached hydrogens (primary N) is 1. The molecule has 1 fully saturated rings. The van der Waals surface area contributed by atoms with Gasteiger partial charge in [-0.05, 0) is 25.0 Å². The van der Waals surface area contributed by atoms with Crippen LogP contribution in [0.5, 0.6) is 11.5 Å². The smallest absolute Gasteiger partial charge is 0.250 e. The lowest BCUT2D eigenvalue weighted by Gasteiger charge is -2.30. The van der Waals surface area contributed by atoms with Gasteiger partial charge in [-0.15, -0.1) is 0 Å². The molecule has 1 aliphatic heterocycles. The molecule has 7 heteroatoms. The van der Waals surface area contributed by atoms with E-state index in [1.54, 1.807) is 18.2 Å². The monoisotopic (exact) mass is 300 g/mol. The van der Waals surface area contributed by atoms with Crippen LogP contribution in [-0.4, -0.2) is 46.1 Å². The molecule has 1 aromatic carbocycles. The van der Waals surface area contributed by atoms with Gasteiger partial charge >= 0.3 is 0 Å². The Morgan fingerprint density at radius 3 is 2.35 bits per heavy atom. The van der Waals surface area contributed by atoms with Gasteiger partial charge in [0, 0.05) is 19.1 Å². The molecule has 1 aromatic rings. The molecule has 112 valence electrons. The van der Waals surface area contributed by atoms with Gasteiger partial charge in [0.25, 0.3) is 10.0 Å². The predicted octanol–water partition coefficient (Wildman–Crippen LogP) is 0.816. The lowest BCUT2D eigenvalue weighted by atomic mass is 10.1. The van der Waals surface area contributed by atoms with E-state index in [4.69, 9.17) is 15.2 Å². The van der Waals surface area contributed by atoms with Crippen molar-refractivity contribution in [3.8, 4) is 11.5 Å². The second kappa shape index (κ2) is 5.99. The Morgan fingerprint density at radius 2 is 1.85 bits per heavy atom. The second-order valence-electron chi connectivity index (χ2n) is 4.76. The van der Waals surface area contributed by atoms with Crippen molar-refractivity contribution in [3.05, 3.63) is 18.2 Å². The van der Waals surface area contributed by atoms with Crippen LogP contribution in [0.1, 0.15) is 12.8 Å². The third-order valence-corrected chi connectivity index (χ3v) is 5.33. The van der Waals surface area contributed by atoms with E-state index in [0.717, 1.165) is 12.8 Å². The van der Waals surface area contributed by atoms with Crippen molar-refractivity contribution in [3.63, 3.8) is 0 Å². The number of nitrogens with zero attached hydrogens (tertiary/aromatic N) is 1. The van der Waals surface area contributed by atoms with Gasteiger partial charge in [0.2, 0.25) is 0 Å². The molecule has 1 aliphatic rings. The third-order valence-electron chi connectivity index (χ3n) is 3.40. The second-order valence-corrected chi connectivity index (χ2v) is 6.63. The molecule has 0 radical (unpaired) electrons. The van der Waals surface area contributed by atoms with E-state index in [9.17, 15) is 8.42 Å². The van der Waals surface area contributed by atoms with Crippen LogP contribution in [-0.2, 0) is 10.0 Å². The van der Waals surface area contributed by atoms with E-state index in [0.29, 0.717) is 13.1 Å². The summed E-state index contributed by atoms with van der Waals surface area (Å²) in [4.78, 5) is 0.0686. The maximum absolute atomic E-state index is 12.8. The molecular weight excluding hydrogens is 280 g/mol. The van der Waals surface area contributed by atoms with Crippen LogP contribution >= 0.6 is 0 Å². The van der Waals surface area contributed by atoms with Crippen LogP contribution < -0.4 is 15.2 Å². The number of benzene rings is 1. The zero-order chi connectivity index (χ0) is 14.8. The molecule has 0 spiro atoms. The fraction of sp³-hybridized carbons (Fsp3) is 0.538. The van der Waals surface area contributed by atoms with Crippen LogP contribution in [0.2, 0.25) is 0 Å². The zero-order valence-electron chi connectivity index (χ0n) is 11.7. The van der Waals surface area contributed by atoms with Gasteiger partial charge in [-0.1, -0.05) is 6.07 Å². The average molecular weight is 300 g/mol. The van der Waals surface area contributed by atoms with Crippen molar-refractivity contribution in [2.45, 2.75) is 23.8 Å². The summed E-state index contributed by atoms with van der Waals surface area (Å²) in [5, 5.41) is 0. The Labute approximate surface area is 119 Å². The lowest BCUT2D eigenvalue weighted by Crippen LogP contribution is -2.45. The summed E-state index contributed by atoms with van der Waals surface area (Å²) in [6, 6.07) is 4.79. The lowest BCUT2D eigenvalue weighted by molar-refractivity contribution is 0.310. The molecule has 1 unspecified atom stereocenters. The first-order valence-electron chi connectivity index (χ1n) is 6.47. The third kappa shape index (κ3) is 2.74. The van der Waals surface area contributed by atoms with Gasteiger partial charge < -0.3 is 15.2 Å². The summed E-state index contributed by atoms with van der Waals surface area (Å²) < 4.78 is 37.4. The Bertz CT molecular complexity index is 551. The fourth-order valence-corrected chi connectivity index (χ4v) is 4.22. The Kier molecular flexibility index (Phi) is 4.52. The molecule has 20 heavy (non-hydrogen) atoms. The first kappa shape index (κ1) is 15.1. The van der Waals surface area contributed by atoms with Gasteiger partial charge in [-0.2, -0.15) is 4.31 Å². The highest BCUT2D eigenvalue weighted by molar-refractivity contribution is 7.89. The summed E-state index contributed by atoms with van der Waals surface area (Å²) in [7, 11) is -0.797. The topological polar surface area (TPSA) is 81.9 Å². The van der Waals surface area contributed by atoms with Crippen LogP contribution in [0.3, 0.4) is 0 Å². The molecule has 6 nitrogen and oxygen atoms in total. The molecule has 2 rings (SSSR count). The van der Waals surface area contributed by atoms with Gasteiger partial charge in [0.05, 0.1) is 14.2 Å². The Balaban J connectivity index is 2.48. The highest BCUT2D eigenvalue weighted by Gasteiger charge is 2.33. The van der Waals surface area contributed by atoms with E-state index in [1.165, 1.54) is 18.5 Å². The fourth-order valence-electron chi connectivity index (χ4n) is 2.39. The summed E-state index contributed by atoms with van der Waals surface area (Å²) in [6.07, 6.45) is 1.60. The van der Waals surface area contributed by atoms with Gasteiger partial charge in [0.15, 0.2) is 4.90 Å². The van der Waals surface area contributed by atoms with Gasteiger partial charge in [0.1, 0.15) is 11.5 Å². The minimum absolute atomic E-state index is 0.0686. The van der Waals surface area contributed by atoms with Crippen molar-refractivity contribution in [1.29, 1.82) is 0 Å². The van der Waals surface area contributed by atoms with Crippen molar-refractivity contribution in [2.75, 3.05) is 27.3 Å². The summed E-state index contributed by atoms with van der Waals surface area (Å²) in [5.41, 5.74) is 5.87. The van der Waals surface area contributed by atoms with E-state index in [1.807, 2.05) is 0 Å². The average Bonchev–Trinajstić information content (AvgIpc) is 2.46. The molecule has 0 aliphatic carbocycles. The number of rotatable bonds is 4. The maximum Gasteiger partial charge on any atom is 0.250 e. The zero-order valence-corrected chi connectivity index (χ0v) is 12.5. The molecular formula is C13H20N2O4S. The van der Waals surface area contributed by atoms with Crippen molar-refractivity contribution in [2.24, 2.45) is 5.73 Å². The number of ether oxygens (including phenoxy) is 2. The van der Waals surface area contributed by atoms with Crippen LogP contribution in [0, 0.1) is 0 Å². The number of hydrogen-bond acceptors (Lipinski definition) is 5. The predicted molar refractivity (Wildman–Crippen MR) is 75.5 cm³/mol. The largest absolute Gasteiger partial charge is 0.495 e. The molecule has 2 N–H and O–H groups in total. The van der Waals surface area contributed by atoms with Gasteiger partial charge in [-0.25, -0.2) is 8.42 Å². The minimum atomic E-state index is -3.68. The summed E-state index contributed by atoms with van der Waals surface area (Å²) in [6.45, 7) is 0.792. The van der Waals surface area contributed by atoms with Crippen molar-refractivity contribution in [1.82, 2.24) is 4.31 Å². The summed E-state index contributed by atoms with van der Waals surface area (Å²) >= 11 is 0. The Hall–Kier alpha value is -1.31. The quantitative estimate of drug-likeness (QED) is 0.890. The molecule has 0 bridgehead atoms. The van der Waals surface area contributed by atoms with Crippen LogP contribution in [0.15, 0.2) is 23.1 Å². The van der Waals surface area contributed by atoms with E-state index in [-0.39, 0.29) is 22.4 Å². The van der Waals surface area contributed by atoms with Crippen LogP contribution in [0.25, 0.3) is 0 Å². The number of piperidine rings is 1. The van der Waals surface area contributed by atoms with Crippen LogP contribution in [0.4, 0.5) is 0 Å². The van der Waals surface area contributed by atoms with E-state index < -0.39 is 10.0 Å². The first-order chi connectivity index (χ1) is 9.50. The van der Waals surface area contributed by atoms with Crippen molar-refractivity contribution >= 4 is 10.0 Å². The minimum Gasteiger partial charge on any atom is -0.495 e. The standard InChI is InChI=1S/C13H20N2O4S/c1-18-11-6-3-7-12(19-2)13(11)20(16,17)15-8-4-5-10(14)9-15/h3,6-7,10H,4-5,8-9,14H2,1-2H3. The molecule has 1 saturated heterocycles. The highest BCUT2D eigenvalue weighted by Crippen LogP contribution is 2.35. The normalized spacial score (nSPS) is 20.6. The Morgan fingerprint density at radius 1 is 1.25 bits per heavy atom. The highest BCUT2D eigenvalue weighted by atomic mass is 32.2. The van der Waals surface area contributed by atoms with Gasteiger partial charge in [-0.3, -0.25) is 0 Å². The molecule has 0 saturated carbocycles. The number of sulfonamides is 1. The molecule has 1 atom stereocenters. The molecule has 0 aromatic heterocycles. The first-order valence-corrected chi connectivity index (χ1v) is 7.91. The number of methoxy groups -OCH3 is 2. The maximum atomic E-state index is 12.8. The number of hydrogen-bond donors (Lipinski definition) is 1. The molecule has 1 heterocycles. The SMILES string of the molecule is COc1cccc(OC)c1S(=O)(=O)N1CCCC(N)C1. The van der Waals surface area contributed by atoms with E-state index >= 15 is 0 Å².